The Morgan fingerprint density at radius 3 is 1.75 bits per heavy atom. The van der Waals surface area contributed by atoms with E-state index in [4.69, 9.17) is 24.7 Å². The van der Waals surface area contributed by atoms with Crippen molar-refractivity contribution in [2.24, 2.45) is 5.73 Å². The van der Waals surface area contributed by atoms with Gasteiger partial charge in [0.2, 0.25) is 5.91 Å². The maximum absolute atomic E-state index is 15.0. The number of methoxy groups -OCH3 is 4. The van der Waals surface area contributed by atoms with Gasteiger partial charge in [0.1, 0.15) is 0 Å². The summed E-state index contributed by atoms with van der Waals surface area (Å²) < 4.78 is 22.5. The zero-order valence-corrected chi connectivity index (χ0v) is 25.0. The maximum atomic E-state index is 15.0. The molecular formula is C36H32N2O6. The van der Waals surface area contributed by atoms with Crippen molar-refractivity contribution in [2.75, 3.05) is 28.4 Å². The first-order chi connectivity index (χ1) is 21.4. The number of fused-ring (bicyclic) bond motifs is 3. The van der Waals surface area contributed by atoms with E-state index in [9.17, 15) is 4.79 Å². The third-order valence-corrected chi connectivity index (χ3v) is 8.11. The van der Waals surface area contributed by atoms with Crippen molar-refractivity contribution >= 4 is 22.6 Å². The first-order valence-corrected chi connectivity index (χ1v) is 14.1. The van der Waals surface area contributed by atoms with Crippen LogP contribution in [0.15, 0.2) is 84.9 Å². The fourth-order valence-corrected chi connectivity index (χ4v) is 6.23. The van der Waals surface area contributed by atoms with E-state index in [2.05, 4.69) is 0 Å². The van der Waals surface area contributed by atoms with Gasteiger partial charge in [0, 0.05) is 16.7 Å². The predicted octanol–water partition coefficient (Wildman–Crippen LogP) is 6.46. The molecule has 0 saturated carbocycles. The summed E-state index contributed by atoms with van der Waals surface area (Å²) >= 11 is 0. The van der Waals surface area contributed by atoms with Gasteiger partial charge in [0.25, 0.3) is 5.91 Å². The molecule has 0 saturated heterocycles. The van der Waals surface area contributed by atoms with E-state index in [-0.39, 0.29) is 30.1 Å². The fraction of sp³-hybridized carbons (Fsp3) is 0.167. The number of para-hydroxylation sites is 2. The molecule has 44 heavy (non-hydrogen) atoms. The van der Waals surface area contributed by atoms with Crippen LogP contribution in [0.25, 0.3) is 33.0 Å². The average molecular weight is 589 g/mol. The van der Waals surface area contributed by atoms with Crippen molar-refractivity contribution in [1.82, 2.24) is 4.90 Å². The Kier molecular flexibility index (Phi) is 7.57. The lowest BCUT2D eigenvalue weighted by Crippen LogP contribution is -2.33. The number of hydrogen-bond donors (Lipinski definition) is 1. The molecule has 0 aromatic heterocycles. The van der Waals surface area contributed by atoms with Crippen molar-refractivity contribution in [3.05, 3.63) is 107 Å². The van der Waals surface area contributed by atoms with Crippen molar-refractivity contribution in [3.63, 3.8) is 0 Å². The Balaban J connectivity index is 1.59. The summed E-state index contributed by atoms with van der Waals surface area (Å²) in [5.74, 6) is 1.05. The number of carbonyl (C=O) groups is 2. The van der Waals surface area contributed by atoms with E-state index >= 15 is 4.79 Å². The van der Waals surface area contributed by atoms with Crippen LogP contribution in [0.1, 0.15) is 31.8 Å². The molecule has 222 valence electrons. The number of nitrogens with two attached hydrogens (primary N) is 1. The molecule has 1 aliphatic carbocycles. The Morgan fingerprint density at radius 1 is 0.659 bits per heavy atom. The van der Waals surface area contributed by atoms with Gasteiger partial charge in [0.05, 0.1) is 52.7 Å². The van der Waals surface area contributed by atoms with Crippen LogP contribution < -0.4 is 24.7 Å². The summed E-state index contributed by atoms with van der Waals surface area (Å²) in [6, 6.07) is 26.6. The Hall–Kier alpha value is -5.50. The number of hydrogen-bond acceptors (Lipinski definition) is 6. The number of amides is 2. The number of primary amides is 1. The molecule has 8 heteroatoms. The van der Waals surface area contributed by atoms with Crippen molar-refractivity contribution in [3.8, 4) is 45.3 Å². The normalized spacial score (nSPS) is 11.2. The van der Waals surface area contributed by atoms with Gasteiger partial charge in [-0.1, -0.05) is 66.7 Å². The number of rotatable bonds is 10. The van der Waals surface area contributed by atoms with Crippen LogP contribution in [0.3, 0.4) is 0 Å². The van der Waals surface area contributed by atoms with Crippen molar-refractivity contribution in [2.45, 2.75) is 13.1 Å². The molecule has 1 aliphatic rings. The van der Waals surface area contributed by atoms with Crippen LogP contribution in [0.2, 0.25) is 0 Å². The highest BCUT2D eigenvalue weighted by molar-refractivity contribution is 6.24. The second-order valence-corrected chi connectivity index (χ2v) is 10.5. The molecule has 2 amide bonds. The molecule has 2 N–H and O–H groups in total. The summed E-state index contributed by atoms with van der Waals surface area (Å²) in [4.78, 5) is 29.7. The Morgan fingerprint density at radius 2 is 1.20 bits per heavy atom. The molecule has 5 aromatic rings. The molecule has 0 heterocycles. The van der Waals surface area contributed by atoms with Crippen molar-refractivity contribution in [1.29, 1.82) is 0 Å². The fourth-order valence-electron chi connectivity index (χ4n) is 6.23. The van der Waals surface area contributed by atoms with Gasteiger partial charge >= 0.3 is 0 Å². The summed E-state index contributed by atoms with van der Waals surface area (Å²) in [6.07, 6.45) is 0. The summed E-state index contributed by atoms with van der Waals surface area (Å²) in [5, 5.41) is 1.76. The number of benzene rings is 5. The maximum Gasteiger partial charge on any atom is 0.255 e. The second-order valence-electron chi connectivity index (χ2n) is 10.5. The molecule has 0 fully saturated rings. The van der Waals surface area contributed by atoms with E-state index in [0.717, 1.165) is 38.6 Å². The Bertz CT molecular complexity index is 1880. The van der Waals surface area contributed by atoms with Crippen LogP contribution in [0.5, 0.6) is 23.0 Å². The largest absolute Gasteiger partial charge is 0.493 e. The van der Waals surface area contributed by atoms with Crippen LogP contribution in [-0.2, 0) is 13.1 Å². The lowest BCUT2D eigenvalue weighted by Gasteiger charge is -2.27. The molecule has 0 atom stereocenters. The van der Waals surface area contributed by atoms with Gasteiger partial charge in [-0.3, -0.25) is 9.59 Å². The van der Waals surface area contributed by atoms with Gasteiger partial charge in [-0.05, 0) is 45.7 Å². The highest BCUT2D eigenvalue weighted by atomic mass is 16.5. The molecule has 0 unspecified atom stereocenters. The number of carbonyl (C=O) groups excluding carboxylic acids is 2. The van der Waals surface area contributed by atoms with Crippen LogP contribution >= 0.6 is 0 Å². The lowest BCUT2D eigenvalue weighted by molar-refractivity contribution is 0.0723. The first-order valence-electron chi connectivity index (χ1n) is 14.1. The minimum absolute atomic E-state index is 0.137. The zero-order valence-electron chi connectivity index (χ0n) is 25.0. The first kappa shape index (κ1) is 28.6. The molecule has 0 radical (unpaired) electrons. The van der Waals surface area contributed by atoms with E-state index < -0.39 is 5.91 Å². The molecule has 5 aromatic carbocycles. The summed E-state index contributed by atoms with van der Waals surface area (Å²) in [5.41, 5.74) is 11.4. The van der Waals surface area contributed by atoms with E-state index in [1.165, 1.54) is 0 Å². The van der Waals surface area contributed by atoms with E-state index in [1.54, 1.807) is 51.5 Å². The summed E-state index contributed by atoms with van der Waals surface area (Å²) in [6.45, 7) is 0.275. The van der Waals surface area contributed by atoms with E-state index in [1.807, 2.05) is 66.7 Å². The van der Waals surface area contributed by atoms with Gasteiger partial charge < -0.3 is 29.6 Å². The minimum Gasteiger partial charge on any atom is -0.493 e. The molecule has 6 rings (SSSR count). The molecule has 0 bridgehead atoms. The van der Waals surface area contributed by atoms with Crippen molar-refractivity contribution < 1.29 is 28.5 Å². The third-order valence-electron chi connectivity index (χ3n) is 8.11. The van der Waals surface area contributed by atoms with Gasteiger partial charge in [-0.25, -0.2) is 0 Å². The Labute approximate surface area is 255 Å². The monoisotopic (exact) mass is 588 g/mol. The smallest absolute Gasteiger partial charge is 0.255 e. The SMILES string of the molecule is COc1cccc(CN(Cc2cccc(OC)c2OC)C(=O)c2c(C(N)=O)cc3cccc4c3c2-c2ccccc2-4)c1OC. The zero-order chi connectivity index (χ0) is 31.0. The molecule has 0 aliphatic heterocycles. The van der Waals surface area contributed by atoms with Crippen LogP contribution in [0.4, 0.5) is 0 Å². The average Bonchev–Trinajstić information content (AvgIpc) is 3.39. The number of ether oxygens (including phenoxy) is 4. The van der Waals surface area contributed by atoms with Gasteiger partial charge in [0.15, 0.2) is 23.0 Å². The van der Waals surface area contributed by atoms with E-state index in [0.29, 0.717) is 28.6 Å². The van der Waals surface area contributed by atoms with Crippen LogP contribution in [0, 0.1) is 0 Å². The number of nitrogens with zero attached hydrogens (tertiary/aromatic N) is 1. The van der Waals surface area contributed by atoms with Gasteiger partial charge in [-0.15, -0.1) is 0 Å². The second kappa shape index (κ2) is 11.6. The standard InChI is InChI=1S/C36H32N2O6/c1-41-28-16-8-11-22(33(28)43-3)19-38(20-23-12-9-17-29(42-2)34(23)44-4)36(40)32-27(35(37)39)18-21-10-7-15-25-24-13-5-6-14-26(24)31(32)30(21)25/h5-18H,19-20H2,1-4H3,(H2,37,39). The molecule has 8 nitrogen and oxygen atoms in total. The van der Waals surface area contributed by atoms with Crippen LogP contribution in [-0.4, -0.2) is 45.2 Å². The highest BCUT2D eigenvalue weighted by Crippen LogP contribution is 2.50. The van der Waals surface area contributed by atoms with Gasteiger partial charge in [-0.2, -0.15) is 0 Å². The minimum atomic E-state index is -0.681. The highest BCUT2D eigenvalue weighted by Gasteiger charge is 2.33. The predicted molar refractivity (Wildman–Crippen MR) is 170 cm³/mol. The molecule has 0 spiro atoms. The summed E-state index contributed by atoms with van der Waals surface area (Å²) in [7, 11) is 6.26. The molecular weight excluding hydrogens is 556 g/mol. The quantitative estimate of drug-likeness (QED) is 0.197. The third kappa shape index (κ3) is 4.65. The lowest BCUT2D eigenvalue weighted by atomic mass is 9.91. The topological polar surface area (TPSA) is 100 Å².